The molecule has 1 amide bonds. The highest BCUT2D eigenvalue weighted by molar-refractivity contribution is 6.03. The summed E-state index contributed by atoms with van der Waals surface area (Å²) in [5.41, 5.74) is 4.10. The number of rotatable bonds is 3. The lowest BCUT2D eigenvalue weighted by atomic mass is 9.95. The van der Waals surface area contributed by atoms with E-state index < -0.39 is 0 Å². The number of nitrogens with one attached hydrogen (secondary N) is 1. The molecule has 1 aliphatic rings. The number of amides is 1. The normalized spacial score (nSPS) is 13.7. The third kappa shape index (κ3) is 2.64. The van der Waals surface area contributed by atoms with Gasteiger partial charge in [-0.2, -0.15) is 0 Å². The highest BCUT2D eigenvalue weighted by Crippen LogP contribution is 2.22. The molecule has 24 heavy (non-hydrogen) atoms. The van der Waals surface area contributed by atoms with Crippen LogP contribution in [0.4, 0.5) is 0 Å². The molecule has 6 heteroatoms. The first-order valence-corrected chi connectivity index (χ1v) is 8.20. The summed E-state index contributed by atoms with van der Waals surface area (Å²) in [5, 5.41) is 7.44. The average molecular weight is 322 g/mol. The molecule has 3 aromatic rings. The molecule has 2 heterocycles. The van der Waals surface area contributed by atoms with Crippen molar-refractivity contribution < 1.29 is 9.32 Å². The molecule has 0 atom stereocenters. The van der Waals surface area contributed by atoms with Gasteiger partial charge >= 0.3 is 0 Å². The van der Waals surface area contributed by atoms with Crippen molar-refractivity contribution in [1.29, 1.82) is 0 Å². The molecular formula is C18H18N4O2. The van der Waals surface area contributed by atoms with E-state index in [1.807, 2.05) is 31.2 Å². The third-order valence-electron chi connectivity index (χ3n) is 4.43. The molecular weight excluding hydrogens is 304 g/mol. The van der Waals surface area contributed by atoms with Crippen molar-refractivity contribution in [3.8, 4) is 0 Å². The smallest absolute Gasteiger partial charge is 0.290 e. The van der Waals surface area contributed by atoms with Crippen LogP contribution in [0, 0.1) is 6.92 Å². The van der Waals surface area contributed by atoms with Crippen molar-refractivity contribution in [2.24, 2.45) is 0 Å². The second-order valence-electron chi connectivity index (χ2n) is 6.07. The zero-order chi connectivity index (χ0) is 16.5. The first-order chi connectivity index (χ1) is 11.7. The molecule has 0 aliphatic heterocycles. The molecule has 0 spiro atoms. The van der Waals surface area contributed by atoms with Crippen LogP contribution in [0.25, 0.3) is 10.9 Å². The van der Waals surface area contributed by atoms with Crippen molar-refractivity contribution in [1.82, 2.24) is 20.4 Å². The zero-order valence-electron chi connectivity index (χ0n) is 13.5. The van der Waals surface area contributed by atoms with Gasteiger partial charge in [0.05, 0.1) is 11.9 Å². The Morgan fingerprint density at radius 3 is 2.96 bits per heavy atom. The minimum absolute atomic E-state index is 0.222. The lowest BCUT2D eigenvalue weighted by molar-refractivity contribution is 0.0915. The SMILES string of the molecule is Cc1nc(CNC(=O)c2onc3ccccc23)nc2c1CCCC2. The van der Waals surface area contributed by atoms with Crippen LogP contribution >= 0.6 is 0 Å². The molecule has 4 rings (SSSR count). The molecule has 6 nitrogen and oxygen atoms in total. The Kier molecular flexibility index (Phi) is 3.72. The van der Waals surface area contributed by atoms with Crippen LogP contribution in [0.5, 0.6) is 0 Å². The van der Waals surface area contributed by atoms with Gasteiger partial charge in [0.2, 0.25) is 5.76 Å². The second-order valence-corrected chi connectivity index (χ2v) is 6.07. The molecule has 0 saturated heterocycles. The number of benzene rings is 1. The quantitative estimate of drug-likeness (QED) is 0.802. The Labute approximate surface area is 139 Å². The van der Waals surface area contributed by atoms with Crippen LogP contribution in [0.1, 0.15) is 46.2 Å². The van der Waals surface area contributed by atoms with Gasteiger partial charge in [0, 0.05) is 11.4 Å². The van der Waals surface area contributed by atoms with Crippen LogP contribution < -0.4 is 5.32 Å². The van der Waals surface area contributed by atoms with Crippen molar-refractivity contribution >= 4 is 16.8 Å². The third-order valence-corrected chi connectivity index (χ3v) is 4.43. The molecule has 1 aromatic carbocycles. The summed E-state index contributed by atoms with van der Waals surface area (Å²) >= 11 is 0. The molecule has 0 fully saturated rings. The zero-order valence-corrected chi connectivity index (χ0v) is 13.5. The maximum absolute atomic E-state index is 12.4. The number of fused-ring (bicyclic) bond motifs is 2. The fraction of sp³-hybridized carbons (Fsp3) is 0.333. The number of hydrogen-bond donors (Lipinski definition) is 1. The molecule has 0 unspecified atom stereocenters. The van der Waals surface area contributed by atoms with E-state index in [-0.39, 0.29) is 18.2 Å². The molecule has 0 saturated carbocycles. The Hall–Kier alpha value is -2.76. The van der Waals surface area contributed by atoms with Crippen LogP contribution in [0.15, 0.2) is 28.8 Å². The van der Waals surface area contributed by atoms with E-state index in [0.29, 0.717) is 16.7 Å². The van der Waals surface area contributed by atoms with Gasteiger partial charge in [0.25, 0.3) is 5.91 Å². The van der Waals surface area contributed by atoms with E-state index in [1.165, 1.54) is 18.4 Å². The van der Waals surface area contributed by atoms with Crippen molar-refractivity contribution in [2.75, 3.05) is 0 Å². The summed E-state index contributed by atoms with van der Waals surface area (Å²) in [6, 6.07) is 7.34. The summed E-state index contributed by atoms with van der Waals surface area (Å²) in [5.74, 6) is 0.563. The van der Waals surface area contributed by atoms with E-state index >= 15 is 0 Å². The van der Waals surface area contributed by atoms with Gasteiger partial charge in [-0.25, -0.2) is 9.97 Å². The summed E-state index contributed by atoms with van der Waals surface area (Å²) < 4.78 is 5.18. The van der Waals surface area contributed by atoms with E-state index in [0.717, 1.165) is 24.2 Å². The number of aromatic nitrogens is 3. The van der Waals surface area contributed by atoms with Crippen molar-refractivity contribution in [2.45, 2.75) is 39.2 Å². The Morgan fingerprint density at radius 1 is 1.21 bits per heavy atom. The van der Waals surface area contributed by atoms with Crippen molar-refractivity contribution in [3.05, 3.63) is 52.8 Å². The Morgan fingerprint density at radius 2 is 2.04 bits per heavy atom. The van der Waals surface area contributed by atoms with Crippen LogP contribution in [-0.4, -0.2) is 21.0 Å². The summed E-state index contributed by atoms with van der Waals surface area (Å²) in [4.78, 5) is 21.5. The van der Waals surface area contributed by atoms with Gasteiger partial charge in [-0.15, -0.1) is 0 Å². The molecule has 2 aromatic heterocycles. The van der Waals surface area contributed by atoms with E-state index in [4.69, 9.17) is 4.52 Å². The average Bonchev–Trinajstić information content (AvgIpc) is 3.04. The summed E-state index contributed by atoms with van der Waals surface area (Å²) in [6.07, 6.45) is 4.41. The first kappa shape index (κ1) is 14.8. The van der Waals surface area contributed by atoms with Crippen LogP contribution in [0.2, 0.25) is 0 Å². The minimum Gasteiger partial charge on any atom is -0.350 e. The molecule has 1 aliphatic carbocycles. The van der Waals surface area contributed by atoms with Crippen molar-refractivity contribution in [3.63, 3.8) is 0 Å². The van der Waals surface area contributed by atoms with Crippen LogP contribution in [-0.2, 0) is 19.4 Å². The predicted octanol–water partition coefficient (Wildman–Crippen LogP) is 2.74. The highest BCUT2D eigenvalue weighted by Gasteiger charge is 2.18. The number of nitrogens with zero attached hydrogens (tertiary/aromatic N) is 3. The number of aryl methyl sites for hydroxylation is 2. The van der Waals surface area contributed by atoms with Crippen LogP contribution in [0.3, 0.4) is 0 Å². The standard InChI is InChI=1S/C18H18N4O2/c1-11-12-6-2-4-8-14(12)21-16(20-11)10-19-18(23)17-13-7-3-5-9-15(13)22-24-17/h3,5,7,9H,2,4,6,8,10H2,1H3,(H,19,23). The number of hydrogen-bond acceptors (Lipinski definition) is 5. The van der Waals surface area contributed by atoms with Gasteiger partial charge in [0.1, 0.15) is 11.3 Å². The summed E-state index contributed by atoms with van der Waals surface area (Å²) in [6.45, 7) is 2.29. The largest absolute Gasteiger partial charge is 0.350 e. The Bertz CT molecular complexity index is 917. The molecule has 0 bridgehead atoms. The molecule has 0 radical (unpaired) electrons. The minimum atomic E-state index is -0.303. The maximum atomic E-state index is 12.4. The fourth-order valence-corrected chi connectivity index (χ4v) is 3.22. The fourth-order valence-electron chi connectivity index (χ4n) is 3.22. The lowest BCUT2D eigenvalue weighted by Crippen LogP contribution is -2.25. The number of carbonyl (C=O) groups is 1. The maximum Gasteiger partial charge on any atom is 0.290 e. The van der Waals surface area contributed by atoms with Gasteiger partial charge in [-0.1, -0.05) is 17.3 Å². The number of carbonyl (C=O) groups excluding carboxylic acids is 1. The van der Waals surface area contributed by atoms with Gasteiger partial charge in [-0.05, 0) is 50.3 Å². The lowest BCUT2D eigenvalue weighted by Gasteiger charge is -2.17. The highest BCUT2D eigenvalue weighted by atomic mass is 16.5. The Balaban J connectivity index is 1.52. The molecule has 122 valence electrons. The first-order valence-electron chi connectivity index (χ1n) is 8.20. The van der Waals surface area contributed by atoms with Gasteiger partial charge < -0.3 is 9.84 Å². The second kappa shape index (κ2) is 6.03. The monoisotopic (exact) mass is 322 g/mol. The predicted molar refractivity (Wildman–Crippen MR) is 88.6 cm³/mol. The summed E-state index contributed by atoms with van der Waals surface area (Å²) in [7, 11) is 0. The van der Waals surface area contributed by atoms with Gasteiger partial charge in [0.15, 0.2) is 0 Å². The van der Waals surface area contributed by atoms with E-state index in [9.17, 15) is 4.79 Å². The van der Waals surface area contributed by atoms with E-state index in [2.05, 4.69) is 20.4 Å². The molecule has 1 N–H and O–H groups in total. The topological polar surface area (TPSA) is 80.9 Å². The van der Waals surface area contributed by atoms with E-state index in [1.54, 1.807) is 0 Å². The van der Waals surface area contributed by atoms with Gasteiger partial charge in [-0.3, -0.25) is 4.79 Å².